The summed E-state index contributed by atoms with van der Waals surface area (Å²) in [4.78, 5) is 14.3. The molecule has 0 aliphatic carbocycles. The summed E-state index contributed by atoms with van der Waals surface area (Å²) < 4.78 is 46.2. The number of phenols is 1. The van der Waals surface area contributed by atoms with Gasteiger partial charge < -0.3 is 14.4 Å². The van der Waals surface area contributed by atoms with Gasteiger partial charge in [0.1, 0.15) is 22.0 Å². The van der Waals surface area contributed by atoms with Crippen molar-refractivity contribution in [2.75, 3.05) is 26.2 Å². The largest absolute Gasteiger partial charge is 0.507 e. The fraction of sp³-hybridized carbons (Fsp3) is 0.286. The Morgan fingerprint density at radius 2 is 1.77 bits per heavy atom. The number of aryl methyl sites for hydroxylation is 2. The quantitative estimate of drug-likeness (QED) is 0.687. The van der Waals surface area contributed by atoms with Crippen molar-refractivity contribution in [1.82, 2.24) is 9.21 Å². The van der Waals surface area contributed by atoms with Gasteiger partial charge in [0.15, 0.2) is 5.76 Å². The van der Waals surface area contributed by atoms with Gasteiger partial charge in [-0.25, -0.2) is 12.8 Å². The van der Waals surface area contributed by atoms with Crippen LogP contribution in [0.25, 0.3) is 11.0 Å². The lowest BCUT2D eigenvalue weighted by Gasteiger charge is -2.33. The molecule has 1 N–H and O–H groups in total. The second-order valence-electron chi connectivity index (χ2n) is 7.36. The summed E-state index contributed by atoms with van der Waals surface area (Å²) in [6.07, 6.45) is 0. The zero-order valence-corrected chi connectivity index (χ0v) is 17.4. The first kappa shape index (κ1) is 20.4. The topological polar surface area (TPSA) is 91.1 Å². The molecule has 1 aromatic heterocycles. The Hall–Kier alpha value is -2.91. The van der Waals surface area contributed by atoms with E-state index in [1.807, 2.05) is 0 Å². The van der Waals surface area contributed by atoms with Crippen molar-refractivity contribution < 1.29 is 27.1 Å². The van der Waals surface area contributed by atoms with Crippen molar-refractivity contribution in [3.63, 3.8) is 0 Å². The molecular weight excluding hydrogens is 411 g/mol. The lowest BCUT2D eigenvalue weighted by molar-refractivity contribution is 0.0667. The molecule has 7 nitrogen and oxygen atoms in total. The minimum atomic E-state index is -3.88. The highest BCUT2D eigenvalue weighted by Gasteiger charge is 2.33. The molecule has 0 bridgehead atoms. The molecule has 0 spiro atoms. The van der Waals surface area contributed by atoms with Crippen LogP contribution in [0.2, 0.25) is 0 Å². The van der Waals surface area contributed by atoms with E-state index in [0.717, 1.165) is 5.56 Å². The van der Waals surface area contributed by atoms with Gasteiger partial charge in [-0.1, -0.05) is 6.07 Å². The SMILES string of the molecule is Cc1ccc(O)c(S(=O)(=O)N2CCN(C(=O)c3oc4ccc(F)cc4c3C)CC2)c1. The molecule has 1 aliphatic heterocycles. The Morgan fingerprint density at radius 1 is 1.07 bits per heavy atom. The number of halogens is 1. The summed E-state index contributed by atoms with van der Waals surface area (Å²) >= 11 is 0. The molecule has 2 heterocycles. The fourth-order valence-corrected chi connectivity index (χ4v) is 5.23. The number of nitrogens with zero attached hydrogens (tertiary/aromatic N) is 2. The number of aromatic hydroxyl groups is 1. The van der Waals surface area contributed by atoms with Crippen LogP contribution in [-0.4, -0.2) is 54.8 Å². The van der Waals surface area contributed by atoms with E-state index in [4.69, 9.17) is 4.42 Å². The standard InChI is InChI=1S/C21H21FN2O5S/c1-13-3-5-17(25)19(11-13)30(27,28)24-9-7-23(8-10-24)21(26)20-14(2)16-12-15(22)4-6-18(16)29-20/h3-6,11-12,25H,7-10H2,1-2H3. The first-order valence-electron chi connectivity index (χ1n) is 9.46. The molecule has 158 valence electrons. The van der Waals surface area contributed by atoms with Crippen molar-refractivity contribution in [1.29, 1.82) is 0 Å². The molecule has 0 radical (unpaired) electrons. The Bertz CT molecular complexity index is 1240. The van der Waals surface area contributed by atoms with Crippen molar-refractivity contribution in [2.45, 2.75) is 18.7 Å². The van der Waals surface area contributed by atoms with Crippen molar-refractivity contribution in [3.8, 4) is 5.75 Å². The number of amides is 1. The third-order valence-electron chi connectivity index (χ3n) is 5.35. The normalized spacial score (nSPS) is 15.6. The van der Waals surface area contributed by atoms with Crippen LogP contribution < -0.4 is 0 Å². The number of benzene rings is 2. The van der Waals surface area contributed by atoms with Crippen molar-refractivity contribution in [2.24, 2.45) is 0 Å². The van der Waals surface area contributed by atoms with Crippen LogP contribution in [0.4, 0.5) is 4.39 Å². The number of rotatable bonds is 3. The molecule has 1 saturated heterocycles. The minimum Gasteiger partial charge on any atom is -0.507 e. The second-order valence-corrected chi connectivity index (χ2v) is 9.27. The van der Waals surface area contributed by atoms with Gasteiger partial charge in [0.25, 0.3) is 5.91 Å². The molecule has 2 aromatic carbocycles. The van der Waals surface area contributed by atoms with Gasteiger partial charge in [0, 0.05) is 37.1 Å². The van der Waals surface area contributed by atoms with Gasteiger partial charge in [-0.2, -0.15) is 4.31 Å². The number of fused-ring (bicyclic) bond motifs is 1. The summed E-state index contributed by atoms with van der Waals surface area (Å²) in [5.74, 6) is -0.948. The van der Waals surface area contributed by atoms with Crippen LogP contribution >= 0.6 is 0 Å². The van der Waals surface area contributed by atoms with E-state index in [-0.39, 0.29) is 48.5 Å². The minimum absolute atomic E-state index is 0.0926. The maximum absolute atomic E-state index is 13.5. The maximum atomic E-state index is 13.5. The summed E-state index contributed by atoms with van der Waals surface area (Å²) in [5.41, 5.74) is 1.69. The molecule has 0 atom stereocenters. The third-order valence-corrected chi connectivity index (χ3v) is 7.28. The number of carbonyl (C=O) groups excluding carboxylic acids is 1. The van der Waals surface area contributed by atoms with Crippen LogP contribution in [-0.2, 0) is 10.0 Å². The van der Waals surface area contributed by atoms with E-state index in [9.17, 15) is 22.7 Å². The molecule has 0 unspecified atom stereocenters. The molecule has 1 amide bonds. The molecule has 30 heavy (non-hydrogen) atoms. The molecule has 4 rings (SSSR count). The highest BCUT2D eigenvalue weighted by atomic mass is 32.2. The number of carbonyl (C=O) groups is 1. The average Bonchev–Trinajstić information content (AvgIpc) is 3.05. The summed E-state index contributed by atoms with van der Waals surface area (Å²) in [7, 11) is -3.88. The van der Waals surface area contributed by atoms with E-state index < -0.39 is 15.8 Å². The highest BCUT2D eigenvalue weighted by molar-refractivity contribution is 7.89. The zero-order chi connectivity index (χ0) is 21.6. The van der Waals surface area contributed by atoms with Gasteiger partial charge in [-0.05, 0) is 49.7 Å². The number of furan rings is 1. The van der Waals surface area contributed by atoms with Gasteiger partial charge in [-0.3, -0.25) is 4.79 Å². The molecule has 9 heteroatoms. The van der Waals surface area contributed by atoms with Gasteiger partial charge >= 0.3 is 0 Å². The predicted octanol–water partition coefficient (Wildman–Crippen LogP) is 3.04. The number of piperazine rings is 1. The monoisotopic (exact) mass is 432 g/mol. The Labute approximate surface area is 173 Å². The molecular formula is C21H21FN2O5S. The summed E-state index contributed by atoms with van der Waals surface area (Å²) in [6, 6.07) is 8.49. The Balaban J connectivity index is 1.53. The van der Waals surface area contributed by atoms with Crippen molar-refractivity contribution >= 4 is 26.9 Å². The van der Waals surface area contributed by atoms with Gasteiger partial charge in [0.05, 0.1) is 0 Å². The van der Waals surface area contributed by atoms with E-state index >= 15 is 0 Å². The van der Waals surface area contributed by atoms with Crippen LogP contribution in [0.15, 0.2) is 45.7 Å². The number of sulfonamides is 1. The van der Waals surface area contributed by atoms with E-state index in [0.29, 0.717) is 16.5 Å². The third kappa shape index (κ3) is 3.44. The lowest BCUT2D eigenvalue weighted by atomic mass is 10.1. The Morgan fingerprint density at radius 3 is 2.47 bits per heavy atom. The van der Waals surface area contributed by atoms with Crippen LogP contribution in [0.5, 0.6) is 5.75 Å². The van der Waals surface area contributed by atoms with Crippen LogP contribution in [0.1, 0.15) is 21.7 Å². The van der Waals surface area contributed by atoms with E-state index in [1.165, 1.54) is 39.5 Å². The average molecular weight is 432 g/mol. The first-order chi connectivity index (χ1) is 14.2. The fourth-order valence-electron chi connectivity index (χ4n) is 3.64. The smallest absolute Gasteiger partial charge is 0.289 e. The highest BCUT2D eigenvalue weighted by Crippen LogP contribution is 2.29. The first-order valence-corrected chi connectivity index (χ1v) is 10.9. The number of hydrogen-bond acceptors (Lipinski definition) is 5. The Kier molecular flexibility index (Phi) is 5.03. The lowest BCUT2D eigenvalue weighted by Crippen LogP contribution is -2.50. The second kappa shape index (κ2) is 7.41. The van der Waals surface area contributed by atoms with E-state index in [2.05, 4.69) is 0 Å². The molecule has 1 aliphatic rings. The van der Waals surface area contributed by atoms with E-state index in [1.54, 1.807) is 19.9 Å². The van der Waals surface area contributed by atoms with Gasteiger partial charge in [0.2, 0.25) is 10.0 Å². The maximum Gasteiger partial charge on any atom is 0.289 e. The molecule has 1 fully saturated rings. The van der Waals surface area contributed by atoms with Crippen LogP contribution in [0.3, 0.4) is 0 Å². The molecule has 0 saturated carbocycles. The van der Waals surface area contributed by atoms with Crippen molar-refractivity contribution in [3.05, 3.63) is 59.1 Å². The summed E-state index contributed by atoms with van der Waals surface area (Å²) in [6.45, 7) is 3.98. The zero-order valence-electron chi connectivity index (χ0n) is 16.6. The summed E-state index contributed by atoms with van der Waals surface area (Å²) in [5, 5.41) is 10.5. The number of phenolic OH excluding ortho intramolecular Hbond substituents is 1. The van der Waals surface area contributed by atoms with Crippen LogP contribution in [0, 0.1) is 19.7 Å². The predicted molar refractivity (Wildman–Crippen MR) is 108 cm³/mol. The number of hydrogen-bond donors (Lipinski definition) is 1. The van der Waals surface area contributed by atoms with Gasteiger partial charge in [-0.15, -0.1) is 0 Å². The molecule has 3 aromatic rings.